The summed E-state index contributed by atoms with van der Waals surface area (Å²) in [6, 6.07) is 2.86. The Kier molecular flexibility index (Phi) is 3.97. The summed E-state index contributed by atoms with van der Waals surface area (Å²) in [6.07, 6.45) is 5.96. The van der Waals surface area contributed by atoms with Gasteiger partial charge in [-0.15, -0.1) is 0 Å². The molecule has 0 aliphatic carbocycles. The molecule has 2 fully saturated rings. The van der Waals surface area contributed by atoms with Gasteiger partial charge in [0.1, 0.15) is 12.1 Å². The number of halogens is 1. The van der Waals surface area contributed by atoms with E-state index in [0.717, 1.165) is 31.9 Å². The summed E-state index contributed by atoms with van der Waals surface area (Å²) in [5, 5.41) is 2.90. The highest BCUT2D eigenvalue weighted by atomic mass is 19.1. The van der Waals surface area contributed by atoms with Crippen molar-refractivity contribution in [2.45, 2.75) is 44.2 Å². The van der Waals surface area contributed by atoms with Crippen LogP contribution in [0.2, 0.25) is 0 Å². The maximum Gasteiger partial charge on any atom is 0.335 e. The van der Waals surface area contributed by atoms with Crippen LogP contribution in [0.3, 0.4) is 0 Å². The number of rotatable bonds is 4. The maximum atomic E-state index is 14.4. The molecule has 2 aromatic rings. The van der Waals surface area contributed by atoms with E-state index in [1.54, 1.807) is 6.92 Å². The van der Waals surface area contributed by atoms with E-state index in [0.29, 0.717) is 18.2 Å². The molecule has 2 aliphatic rings. The minimum Gasteiger partial charge on any atom is -0.430 e. The van der Waals surface area contributed by atoms with Gasteiger partial charge in [0, 0.05) is 18.7 Å². The molecule has 2 aliphatic heterocycles. The molecule has 7 nitrogen and oxygen atoms in total. The van der Waals surface area contributed by atoms with Crippen LogP contribution in [0, 0.1) is 12.7 Å². The Hall–Kier alpha value is -2.77. The topological polar surface area (TPSA) is 88.3 Å². The summed E-state index contributed by atoms with van der Waals surface area (Å²) in [4.78, 5) is 33.6. The molecule has 2 saturated heterocycles. The first-order chi connectivity index (χ1) is 12.5. The monoisotopic (exact) mass is 358 g/mol. The Labute approximate surface area is 149 Å². The second kappa shape index (κ2) is 6.19. The fourth-order valence-corrected chi connectivity index (χ4v) is 4.13. The highest BCUT2D eigenvalue weighted by Crippen LogP contribution is 2.48. The van der Waals surface area contributed by atoms with E-state index in [1.807, 2.05) is 4.90 Å². The lowest BCUT2D eigenvalue weighted by Crippen LogP contribution is -2.50. The van der Waals surface area contributed by atoms with Crippen molar-refractivity contribution in [3.63, 3.8) is 0 Å². The van der Waals surface area contributed by atoms with Crippen LogP contribution in [0.25, 0.3) is 0 Å². The van der Waals surface area contributed by atoms with Crippen LogP contribution >= 0.6 is 0 Å². The molecular formula is C18H19FN4O3. The Balaban J connectivity index is 1.56. The highest BCUT2D eigenvalue weighted by Gasteiger charge is 2.53. The molecule has 0 unspecified atom stereocenters. The van der Waals surface area contributed by atoms with Gasteiger partial charge < -0.3 is 14.6 Å². The van der Waals surface area contributed by atoms with Crippen molar-refractivity contribution in [3.8, 4) is 0 Å². The fourth-order valence-electron chi connectivity index (χ4n) is 4.13. The van der Waals surface area contributed by atoms with E-state index in [9.17, 15) is 14.0 Å². The van der Waals surface area contributed by atoms with E-state index in [-0.39, 0.29) is 23.1 Å². The van der Waals surface area contributed by atoms with Gasteiger partial charge in [0.05, 0.1) is 17.3 Å². The molecule has 2 bridgehead atoms. The first-order valence-corrected chi connectivity index (χ1v) is 8.64. The number of nitrogens with one attached hydrogen (secondary N) is 1. The third-order valence-corrected chi connectivity index (χ3v) is 5.38. The number of nitrogens with zero attached hydrogens (tertiary/aromatic N) is 3. The van der Waals surface area contributed by atoms with Crippen LogP contribution in [0.1, 0.15) is 41.9 Å². The van der Waals surface area contributed by atoms with E-state index in [1.165, 1.54) is 18.3 Å². The van der Waals surface area contributed by atoms with Gasteiger partial charge in [-0.3, -0.25) is 4.79 Å². The number of aryl methyl sites for hydroxylation is 1. The minimum absolute atomic E-state index is 0.227. The summed E-state index contributed by atoms with van der Waals surface area (Å²) in [5.74, 6) is 0.0753. The van der Waals surface area contributed by atoms with Gasteiger partial charge in [0.2, 0.25) is 0 Å². The van der Waals surface area contributed by atoms with E-state index in [4.69, 9.17) is 4.42 Å². The van der Waals surface area contributed by atoms with Crippen LogP contribution in [0.15, 0.2) is 33.8 Å². The average Bonchev–Trinajstić information content (AvgIpc) is 3.18. The molecule has 4 heterocycles. The molecule has 0 saturated carbocycles. The smallest absolute Gasteiger partial charge is 0.335 e. The average molecular weight is 358 g/mol. The molecular weight excluding hydrogens is 339 g/mol. The maximum absolute atomic E-state index is 14.4. The lowest BCUT2D eigenvalue weighted by molar-refractivity contribution is 0.0941. The van der Waals surface area contributed by atoms with E-state index < -0.39 is 11.4 Å². The zero-order chi connectivity index (χ0) is 18.3. The molecule has 8 heteroatoms. The molecule has 1 N–H and O–H groups in total. The van der Waals surface area contributed by atoms with Crippen molar-refractivity contribution in [2.24, 2.45) is 0 Å². The van der Waals surface area contributed by atoms with Gasteiger partial charge in [0.25, 0.3) is 5.91 Å². The Morgan fingerprint density at radius 2 is 2.19 bits per heavy atom. The largest absolute Gasteiger partial charge is 0.430 e. The van der Waals surface area contributed by atoms with E-state index >= 15 is 0 Å². The molecule has 2 aromatic heterocycles. The van der Waals surface area contributed by atoms with Crippen molar-refractivity contribution >= 4 is 11.7 Å². The van der Waals surface area contributed by atoms with Crippen molar-refractivity contribution in [1.82, 2.24) is 15.3 Å². The number of carbonyl (C=O) groups excluding carboxylic acids is 1. The number of aromatic nitrogens is 2. The molecule has 136 valence electrons. The fraction of sp³-hybridized carbons (Fsp3) is 0.444. The lowest BCUT2D eigenvalue weighted by Gasteiger charge is -2.36. The zero-order valence-electron chi connectivity index (χ0n) is 14.4. The lowest BCUT2D eigenvalue weighted by atomic mass is 9.87. The van der Waals surface area contributed by atoms with Crippen LogP contribution in [0.5, 0.6) is 0 Å². The minimum atomic E-state index is -0.504. The molecule has 0 aromatic carbocycles. The van der Waals surface area contributed by atoms with Gasteiger partial charge in [0.15, 0.2) is 11.6 Å². The Bertz CT molecular complexity index is 885. The van der Waals surface area contributed by atoms with Crippen LogP contribution in [-0.4, -0.2) is 34.0 Å². The molecule has 0 spiro atoms. The summed E-state index contributed by atoms with van der Waals surface area (Å²) in [7, 11) is 0. The Morgan fingerprint density at radius 1 is 1.42 bits per heavy atom. The van der Waals surface area contributed by atoms with Gasteiger partial charge in [-0.05, 0) is 38.7 Å². The van der Waals surface area contributed by atoms with Crippen LogP contribution < -0.4 is 15.8 Å². The summed E-state index contributed by atoms with van der Waals surface area (Å²) in [5.41, 5.74) is -0.572. The third kappa shape index (κ3) is 2.75. The van der Waals surface area contributed by atoms with Crippen molar-refractivity contribution < 1.29 is 13.6 Å². The third-order valence-electron chi connectivity index (χ3n) is 5.38. The number of anilines is 1. The molecule has 26 heavy (non-hydrogen) atoms. The number of amides is 1. The Morgan fingerprint density at radius 3 is 2.88 bits per heavy atom. The number of hydrogen-bond acceptors (Lipinski definition) is 6. The molecule has 1 amide bonds. The predicted molar refractivity (Wildman–Crippen MR) is 91.5 cm³/mol. The summed E-state index contributed by atoms with van der Waals surface area (Å²) >= 11 is 0. The second-order valence-electron chi connectivity index (χ2n) is 6.94. The van der Waals surface area contributed by atoms with Crippen molar-refractivity contribution in [3.05, 3.63) is 52.2 Å². The van der Waals surface area contributed by atoms with Crippen LogP contribution in [-0.2, 0) is 0 Å². The summed E-state index contributed by atoms with van der Waals surface area (Å²) < 4.78 is 19.1. The first-order valence-electron chi connectivity index (χ1n) is 8.64. The summed E-state index contributed by atoms with van der Waals surface area (Å²) in [6.45, 7) is 2.11. The molecule has 0 radical (unpaired) electrons. The SMILES string of the molecule is Cc1ncc(F)c(N2C3CCC2(CNC(=O)c2ccc(=O)oc2)CC3)n1. The molecule has 0 atom stereocenters. The van der Waals surface area contributed by atoms with Gasteiger partial charge in [-0.1, -0.05) is 0 Å². The number of hydrogen-bond donors (Lipinski definition) is 1. The second-order valence-corrected chi connectivity index (χ2v) is 6.94. The number of carbonyl (C=O) groups is 1. The zero-order valence-corrected chi connectivity index (χ0v) is 14.4. The predicted octanol–water partition coefficient (Wildman–Crippen LogP) is 1.81. The van der Waals surface area contributed by atoms with Crippen LogP contribution in [0.4, 0.5) is 10.2 Å². The van der Waals surface area contributed by atoms with Crippen molar-refractivity contribution in [1.29, 1.82) is 0 Å². The molecule has 4 rings (SSSR count). The standard InChI is InChI=1S/C18H19FN4O3/c1-11-20-8-14(19)16(22-11)23-13-4-6-18(23,7-5-13)10-21-17(25)12-2-3-15(24)26-9-12/h2-3,8-9,13H,4-7,10H2,1H3,(H,21,25). The van der Waals surface area contributed by atoms with Gasteiger partial charge in [-0.2, -0.15) is 0 Å². The normalized spacial score (nSPS) is 24.1. The van der Waals surface area contributed by atoms with Gasteiger partial charge >= 0.3 is 5.63 Å². The van der Waals surface area contributed by atoms with E-state index in [2.05, 4.69) is 15.3 Å². The van der Waals surface area contributed by atoms with Crippen molar-refractivity contribution in [2.75, 3.05) is 11.4 Å². The quantitative estimate of drug-likeness (QED) is 0.897. The first kappa shape index (κ1) is 16.7. The number of fused-ring (bicyclic) bond motifs is 2. The van der Waals surface area contributed by atoms with Gasteiger partial charge in [-0.25, -0.2) is 19.2 Å². The highest BCUT2D eigenvalue weighted by molar-refractivity contribution is 5.93.